The summed E-state index contributed by atoms with van der Waals surface area (Å²) in [6.07, 6.45) is 1.59. The van der Waals surface area contributed by atoms with Gasteiger partial charge in [0.2, 0.25) is 5.91 Å². The molecule has 0 saturated heterocycles. The summed E-state index contributed by atoms with van der Waals surface area (Å²) in [5, 5.41) is 8.08. The second-order valence-electron chi connectivity index (χ2n) is 5.94. The highest BCUT2D eigenvalue weighted by Crippen LogP contribution is 2.26. The first-order valence-corrected chi connectivity index (χ1v) is 8.61. The van der Waals surface area contributed by atoms with E-state index < -0.39 is 18.0 Å². The van der Waals surface area contributed by atoms with E-state index in [9.17, 15) is 9.59 Å². The molecule has 6 nitrogen and oxygen atoms in total. The zero-order valence-corrected chi connectivity index (χ0v) is 14.9. The van der Waals surface area contributed by atoms with Gasteiger partial charge < -0.3 is 9.73 Å². The third-order valence-electron chi connectivity index (χ3n) is 4.15. The Morgan fingerprint density at radius 1 is 0.852 bits per heavy atom. The third kappa shape index (κ3) is 4.62. The van der Waals surface area contributed by atoms with Gasteiger partial charge in [-0.2, -0.15) is 0 Å². The van der Waals surface area contributed by atoms with Gasteiger partial charge in [0.05, 0.1) is 12.3 Å². The third-order valence-corrected chi connectivity index (χ3v) is 4.15. The van der Waals surface area contributed by atoms with Crippen LogP contribution in [0.3, 0.4) is 0 Å². The van der Waals surface area contributed by atoms with Crippen LogP contribution in [0.15, 0.2) is 83.5 Å². The predicted molar refractivity (Wildman–Crippen MR) is 102 cm³/mol. The van der Waals surface area contributed by atoms with E-state index in [1.807, 2.05) is 66.7 Å². The van der Waals surface area contributed by atoms with Crippen molar-refractivity contribution in [3.8, 4) is 0 Å². The minimum Gasteiger partial charge on any atom is -0.467 e. The molecule has 0 bridgehead atoms. The Balaban J connectivity index is 1.95. The molecule has 1 aromatic heterocycles. The number of benzene rings is 2. The Hall–Kier alpha value is -3.38. The molecule has 2 aromatic carbocycles. The van der Waals surface area contributed by atoms with Crippen molar-refractivity contribution in [2.24, 2.45) is 0 Å². The van der Waals surface area contributed by atoms with Crippen LogP contribution in [0.1, 0.15) is 29.0 Å². The maximum atomic E-state index is 12.8. The van der Waals surface area contributed by atoms with Crippen molar-refractivity contribution in [2.75, 3.05) is 7.05 Å². The molecule has 0 aliphatic rings. The minimum absolute atomic E-state index is 0.359. The molecule has 3 rings (SSSR count). The predicted octanol–water partition coefficient (Wildman–Crippen LogP) is 3.16. The quantitative estimate of drug-likeness (QED) is 0.628. The zero-order valence-electron chi connectivity index (χ0n) is 14.9. The Bertz CT molecular complexity index is 864. The summed E-state index contributed by atoms with van der Waals surface area (Å²) < 4.78 is 5.60. The summed E-state index contributed by atoms with van der Waals surface area (Å²) in [5.41, 5.74) is 1.69. The Labute approximate surface area is 157 Å². The van der Waals surface area contributed by atoms with E-state index in [0.29, 0.717) is 5.76 Å². The largest absolute Gasteiger partial charge is 0.467 e. The highest BCUT2D eigenvalue weighted by Gasteiger charge is 2.27. The normalized spacial score (nSPS) is 12.8. The number of carbonyl (C=O) groups is 2. The van der Waals surface area contributed by atoms with Crippen LogP contribution in [0.5, 0.6) is 0 Å². The van der Waals surface area contributed by atoms with Gasteiger partial charge in [-0.3, -0.25) is 15.4 Å². The molecule has 2 atom stereocenters. The van der Waals surface area contributed by atoms with Crippen molar-refractivity contribution in [2.45, 2.75) is 12.1 Å². The molecule has 0 fully saturated rings. The lowest BCUT2D eigenvalue weighted by Gasteiger charge is -2.24. The molecule has 0 spiro atoms. The maximum absolute atomic E-state index is 12.8. The van der Waals surface area contributed by atoms with Crippen molar-refractivity contribution in [1.82, 2.24) is 16.0 Å². The van der Waals surface area contributed by atoms with E-state index in [-0.39, 0.29) is 6.04 Å². The van der Waals surface area contributed by atoms with Crippen LogP contribution < -0.4 is 16.0 Å². The second kappa shape index (κ2) is 8.82. The van der Waals surface area contributed by atoms with Gasteiger partial charge >= 0.3 is 6.03 Å². The van der Waals surface area contributed by atoms with E-state index in [4.69, 9.17) is 4.42 Å². The molecule has 3 aromatic rings. The fraction of sp³-hybridized carbons (Fsp3) is 0.143. The fourth-order valence-electron chi connectivity index (χ4n) is 2.83. The lowest BCUT2D eigenvalue weighted by molar-refractivity contribution is -0.122. The SMILES string of the molecule is CNC(=O)NC(=O)[C@@H](N[C@@H](c1ccccc1)c1ccco1)c1ccccc1. The number of amides is 3. The molecule has 27 heavy (non-hydrogen) atoms. The van der Waals surface area contributed by atoms with Gasteiger partial charge in [0, 0.05) is 7.05 Å². The second-order valence-corrected chi connectivity index (χ2v) is 5.94. The fourth-order valence-corrected chi connectivity index (χ4v) is 2.83. The van der Waals surface area contributed by atoms with Crippen LogP contribution in [0, 0.1) is 0 Å². The molecule has 0 aliphatic carbocycles. The highest BCUT2D eigenvalue weighted by atomic mass is 16.3. The van der Waals surface area contributed by atoms with Gasteiger partial charge in [-0.1, -0.05) is 60.7 Å². The molecule has 0 aliphatic heterocycles. The van der Waals surface area contributed by atoms with E-state index in [0.717, 1.165) is 11.1 Å². The number of hydrogen-bond donors (Lipinski definition) is 3. The molecule has 6 heteroatoms. The lowest BCUT2D eigenvalue weighted by atomic mass is 10.00. The van der Waals surface area contributed by atoms with Crippen LogP contribution >= 0.6 is 0 Å². The summed E-state index contributed by atoms with van der Waals surface area (Å²) in [4.78, 5) is 24.4. The Kier molecular flexibility index (Phi) is 6.02. The summed E-state index contributed by atoms with van der Waals surface area (Å²) in [7, 11) is 1.46. The van der Waals surface area contributed by atoms with Crippen LogP contribution in [0.25, 0.3) is 0 Å². The lowest BCUT2D eigenvalue weighted by Crippen LogP contribution is -2.45. The summed E-state index contributed by atoms with van der Waals surface area (Å²) >= 11 is 0. The van der Waals surface area contributed by atoms with Crippen molar-refractivity contribution >= 4 is 11.9 Å². The van der Waals surface area contributed by atoms with Gasteiger partial charge in [-0.25, -0.2) is 4.79 Å². The average molecular weight is 363 g/mol. The molecule has 3 N–H and O–H groups in total. The summed E-state index contributed by atoms with van der Waals surface area (Å²) in [5.74, 6) is 0.225. The Morgan fingerprint density at radius 2 is 1.48 bits per heavy atom. The number of rotatable bonds is 6. The van der Waals surface area contributed by atoms with Crippen LogP contribution in [-0.2, 0) is 4.79 Å². The van der Waals surface area contributed by atoms with E-state index >= 15 is 0 Å². The first-order chi connectivity index (χ1) is 13.2. The molecule has 3 amide bonds. The monoisotopic (exact) mass is 363 g/mol. The van der Waals surface area contributed by atoms with Crippen molar-refractivity contribution in [3.63, 3.8) is 0 Å². The van der Waals surface area contributed by atoms with Gasteiger partial charge in [-0.05, 0) is 23.3 Å². The van der Waals surface area contributed by atoms with Gasteiger partial charge in [0.15, 0.2) is 0 Å². The number of hydrogen-bond acceptors (Lipinski definition) is 4. The van der Waals surface area contributed by atoms with Gasteiger partial charge in [-0.15, -0.1) is 0 Å². The molecular formula is C21H21N3O3. The standard InChI is InChI=1S/C21H21N3O3/c1-22-21(26)24-20(25)19(16-11-6-3-7-12-16)23-18(17-13-8-14-27-17)15-9-4-2-5-10-15/h2-14,18-19,23H,1H3,(H2,22,24,25,26)/t18-,19-/m0/s1. The van der Waals surface area contributed by atoms with Crippen molar-refractivity contribution in [1.29, 1.82) is 0 Å². The molecule has 0 unspecified atom stereocenters. The van der Waals surface area contributed by atoms with Crippen LogP contribution in [0.4, 0.5) is 4.79 Å². The first kappa shape index (κ1) is 18.4. The number of nitrogens with one attached hydrogen (secondary N) is 3. The van der Waals surface area contributed by atoms with Crippen molar-refractivity contribution < 1.29 is 14.0 Å². The van der Waals surface area contributed by atoms with E-state index in [1.54, 1.807) is 12.3 Å². The maximum Gasteiger partial charge on any atom is 0.321 e. The molecule has 0 radical (unpaired) electrons. The average Bonchev–Trinajstić information content (AvgIpc) is 3.24. The van der Waals surface area contributed by atoms with Gasteiger partial charge in [0.1, 0.15) is 11.8 Å². The van der Waals surface area contributed by atoms with Crippen LogP contribution in [-0.4, -0.2) is 19.0 Å². The minimum atomic E-state index is -0.751. The number of urea groups is 1. The van der Waals surface area contributed by atoms with Crippen LogP contribution in [0.2, 0.25) is 0 Å². The number of carbonyl (C=O) groups excluding carboxylic acids is 2. The van der Waals surface area contributed by atoms with E-state index in [1.165, 1.54) is 7.05 Å². The topological polar surface area (TPSA) is 83.4 Å². The smallest absolute Gasteiger partial charge is 0.321 e. The van der Waals surface area contributed by atoms with Gasteiger partial charge in [0.25, 0.3) is 0 Å². The first-order valence-electron chi connectivity index (χ1n) is 8.61. The van der Waals surface area contributed by atoms with Crippen molar-refractivity contribution in [3.05, 3.63) is 95.9 Å². The molecule has 138 valence electrons. The number of furan rings is 1. The zero-order chi connectivity index (χ0) is 19.1. The highest BCUT2D eigenvalue weighted by molar-refractivity contribution is 5.97. The molecule has 1 heterocycles. The summed E-state index contributed by atoms with van der Waals surface area (Å²) in [6, 6.07) is 20.9. The number of imide groups is 1. The van der Waals surface area contributed by atoms with E-state index in [2.05, 4.69) is 16.0 Å². The summed E-state index contributed by atoms with van der Waals surface area (Å²) in [6.45, 7) is 0. The molecular weight excluding hydrogens is 342 g/mol. The molecule has 0 saturated carbocycles. The Morgan fingerprint density at radius 3 is 2.04 bits per heavy atom.